The minimum atomic E-state index is -0.912. The van der Waals surface area contributed by atoms with Gasteiger partial charge in [0.1, 0.15) is 0 Å². The van der Waals surface area contributed by atoms with Crippen molar-refractivity contribution in [2.45, 2.75) is 5.33 Å². The summed E-state index contributed by atoms with van der Waals surface area (Å²) in [7, 11) is 0. The molecule has 0 saturated heterocycles. The molecule has 0 aromatic carbocycles. The van der Waals surface area contributed by atoms with Crippen molar-refractivity contribution in [2.24, 2.45) is 0 Å². The molecule has 0 atom stereocenters. The van der Waals surface area contributed by atoms with E-state index < -0.39 is 11.6 Å². The molecule has 0 aliphatic heterocycles. The quantitative estimate of drug-likeness (QED) is 0.645. The fourth-order valence-corrected chi connectivity index (χ4v) is 0.833. The normalized spacial score (nSPS) is 9.90. The molecule has 1 aromatic rings. The maximum atomic E-state index is 12.3. The molecule has 0 bridgehead atoms. The van der Waals surface area contributed by atoms with E-state index in [1.165, 1.54) is 0 Å². The molecule has 0 aliphatic carbocycles. The lowest BCUT2D eigenvalue weighted by atomic mass is 10.4. The molecule has 1 nitrogen and oxygen atoms in total. The smallest absolute Gasteiger partial charge is 0.177 e. The third kappa shape index (κ3) is 1.50. The summed E-state index contributed by atoms with van der Waals surface area (Å²) in [6, 6.07) is 1.06. The van der Waals surface area contributed by atoms with Gasteiger partial charge in [0.2, 0.25) is 0 Å². The maximum absolute atomic E-state index is 12.3. The van der Waals surface area contributed by atoms with E-state index in [2.05, 4.69) is 20.9 Å². The van der Waals surface area contributed by atoms with Crippen LogP contribution in [0.5, 0.6) is 0 Å². The summed E-state index contributed by atoms with van der Waals surface area (Å²) in [5.74, 6) is -1.77. The third-order valence-corrected chi connectivity index (χ3v) is 1.58. The van der Waals surface area contributed by atoms with Gasteiger partial charge in [-0.2, -0.15) is 0 Å². The molecule has 1 heterocycles. The summed E-state index contributed by atoms with van der Waals surface area (Å²) in [5.41, 5.74) is 0.485. The van der Waals surface area contributed by atoms with Crippen molar-refractivity contribution in [1.29, 1.82) is 0 Å². The highest BCUT2D eigenvalue weighted by Gasteiger charge is 2.01. The molecule has 10 heavy (non-hydrogen) atoms. The minimum absolute atomic E-state index is 0.435. The summed E-state index contributed by atoms with van der Waals surface area (Å²) < 4.78 is 24.5. The fourth-order valence-electron chi connectivity index (χ4n) is 0.527. The highest BCUT2D eigenvalue weighted by atomic mass is 79.9. The number of alkyl halides is 1. The van der Waals surface area contributed by atoms with Gasteiger partial charge in [0, 0.05) is 5.33 Å². The van der Waals surface area contributed by atoms with Crippen molar-refractivity contribution in [3.05, 3.63) is 29.6 Å². The summed E-state index contributed by atoms with van der Waals surface area (Å²) in [6.45, 7) is 0. The summed E-state index contributed by atoms with van der Waals surface area (Å²) in [4.78, 5) is 3.60. The SMILES string of the molecule is Fc1cnc(CBr)cc1F. The van der Waals surface area contributed by atoms with Crippen LogP contribution < -0.4 is 0 Å². The number of pyridine rings is 1. The van der Waals surface area contributed by atoms with Crippen molar-refractivity contribution in [3.63, 3.8) is 0 Å². The second kappa shape index (κ2) is 3.05. The van der Waals surface area contributed by atoms with Crippen LogP contribution >= 0.6 is 15.9 Å². The highest BCUT2D eigenvalue weighted by Crippen LogP contribution is 2.07. The van der Waals surface area contributed by atoms with Gasteiger partial charge in [0.05, 0.1) is 11.9 Å². The fraction of sp³-hybridized carbons (Fsp3) is 0.167. The van der Waals surface area contributed by atoms with Crippen molar-refractivity contribution in [3.8, 4) is 0 Å². The number of rotatable bonds is 1. The molecule has 1 rings (SSSR count). The van der Waals surface area contributed by atoms with Crippen LogP contribution in [0.4, 0.5) is 8.78 Å². The van der Waals surface area contributed by atoms with E-state index >= 15 is 0 Å². The Labute approximate surface area is 65.2 Å². The van der Waals surface area contributed by atoms with E-state index in [-0.39, 0.29) is 0 Å². The number of nitrogens with zero attached hydrogens (tertiary/aromatic N) is 1. The van der Waals surface area contributed by atoms with Crippen molar-refractivity contribution < 1.29 is 8.78 Å². The van der Waals surface area contributed by atoms with Gasteiger partial charge in [-0.15, -0.1) is 0 Å². The Morgan fingerprint density at radius 1 is 1.40 bits per heavy atom. The largest absolute Gasteiger partial charge is 0.257 e. The van der Waals surface area contributed by atoms with Gasteiger partial charge in [-0.1, -0.05) is 15.9 Å². The van der Waals surface area contributed by atoms with Crippen LogP contribution in [0.1, 0.15) is 5.69 Å². The predicted octanol–water partition coefficient (Wildman–Crippen LogP) is 2.25. The molecular formula is C6H4BrF2N. The zero-order valence-electron chi connectivity index (χ0n) is 4.94. The minimum Gasteiger partial charge on any atom is -0.257 e. The zero-order chi connectivity index (χ0) is 7.56. The number of hydrogen-bond donors (Lipinski definition) is 0. The van der Waals surface area contributed by atoms with E-state index in [9.17, 15) is 8.78 Å². The topological polar surface area (TPSA) is 12.9 Å². The Morgan fingerprint density at radius 3 is 2.60 bits per heavy atom. The summed E-state index contributed by atoms with van der Waals surface area (Å²) in [5, 5.41) is 0.435. The Bertz CT molecular complexity index is 239. The first-order valence-electron chi connectivity index (χ1n) is 2.60. The monoisotopic (exact) mass is 207 g/mol. The van der Waals surface area contributed by atoms with Crippen molar-refractivity contribution >= 4 is 15.9 Å². The predicted molar refractivity (Wildman–Crippen MR) is 36.8 cm³/mol. The third-order valence-electron chi connectivity index (χ3n) is 1.00. The van der Waals surface area contributed by atoms with Gasteiger partial charge in [-0.05, 0) is 6.07 Å². The first-order chi connectivity index (χ1) is 4.74. The molecule has 0 amide bonds. The number of aromatic nitrogens is 1. The lowest BCUT2D eigenvalue weighted by molar-refractivity contribution is 0.502. The van der Waals surface area contributed by atoms with E-state index in [1.807, 2.05) is 0 Å². The molecule has 0 radical (unpaired) electrons. The highest BCUT2D eigenvalue weighted by molar-refractivity contribution is 9.08. The lowest BCUT2D eigenvalue weighted by Gasteiger charge is -1.93. The zero-order valence-corrected chi connectivity index (χ0v) is 6.53. The molecule has 0 saturated carbocycles. The average Bonchev–Trinajstić information content (AvgIpc) is 1.95. The van der Waals surface area contributed by atoms with Crippen molar-refractivity contribution in [1.82, 2.24) is 4.98 Å². The molecule has 1 aromatic heterocycles. The first-order valence-corrected chi connectivity index (χ1v) is 3.72. The number of halogens is 3. The second-order valence-electron chi connectivity index (χ2n) is 1.72. The van der Waals surface area contributed by atoms with Gasteiger partial charge in [0.15, 0.2) is 11.6 Å². The Hall–Kier alpha value is -0.510. The molecule has 0 unspecified atom stereocenters. The van der Waals surface area contributed by atoms with Crippen LogP contribution in [0.15, 0.2) is 12.3 Å². The summed E-state index contributed by atoms with van der Waals surface area (Å²) >= 11 is 3.06. The molecule has 0 fully saturated rings. The summed E-state index contributed by atoms with van der Waals surface area (Å²) in [6.07, 6.45) is 0.867. The van der Waals surface area contributed by atoms with E-state index in [0.29, 0.717) is 11.0 Å². The standard InChI is InChI=1S/C6H4BrF2N/c7-2-4-1-5(8)6(9)3-10-4/h1,3H,2H2. The van der Waals surface area contributed by atoms with Crippen LogP contribution in [0.2, 0.25) is 0 Å². The van der Waals surface area contributed by atoms with Crippen molar-refractivity contribution in [2.75, 3.05) is 0 Å². The van der Waals surface area contributed by atoms with Crippen LogP contribution in [0.25, 0.3) is 0 Å². The van der Waals surface area contributed by atoms with Gasteiger partial charge in [-0.3, -0.25) is 4.98 Å². The lowest BCUT2D eigenvalue weighted by Crippen LogP contribution is -1.90. The van der Waals surface area contributed by atoms with E-state index in [1.54, 1.807) is 0 Å². The molecule has 0 N–H and O–H groups in total. The first kappa shape index (κ1) is 7.60. The maximum Gasteiger partial charge on any atom is 0.177 e. The molecule has 0 aliphatic rings. The molecule has 54 valence electrons. The molecule has 4 heteroatoms. The Morgan fingerprint density at radius 2 is 2.10 bits per heavy atom. The van der Waals surface area contributed by atoms with Gasteiger partial charge in [0.25, 0.3) is 0 Å². The van der Waals surface area contributed by atoms with Gasteiger partial charge < -0.3 is 0 Å². The van der Waals surface area contributed by atoms with Crippen LogP contribution in [-0.4, -0.2) is 4.98 Å². The Balaban J connectivity index is 3.04. The van der Waals surface area contributed by atoms with Crippen LogP contribution in [-0.2, 0) is 5.33 Å². The Kier molecular flexibility index (Phi) is 2.32. The number of hydrogen-bond acceptors (Lipinski definition) is 1. The van der Waals surface area contributed by atoms with Gasteiger partial charge in [-0.25, -0.2) is 8.78 Å². The van der Waals surface area contributed by atoms with Gasteiger partial charge >= 0.3 is 0 Å². The molecular weight excluding hydrogens is 204 g/mol. The van der Waals surface area contributed by atoms with E-state index in [0.717, 1.165) is 12.3 Å². The molecule has 0 spiro atoms. The van der Waals surface area contributed by atoms with E-state index in [4.69, 9.17) is 0 Å². The van der Waals surface area contributed by atoms with Crippen LogP contribution in [0.3, 0.4) is 0 Å². The second-order valence-corrected chi connectivity index (χ2v) is 2.28. The van der Waals surface area contributed by atoms with Crippen LogP contribution in [0, 0.1) is 11.6 Å². The average molecular weight is 208 g/mol.